The largest absolute Gasteiger partial charge is 0.337 e. The van der Waals surface area contributed by atoms with E-state index in [9.17, 15) is 4.79 Å². The van der Waals surface area contributed by atoms with E-state index < -0.39 is 0 Å². The van der Waals surface area contributed by atoms with Gasteiger partial charge in [-0.1, -0.05) is 61.3 Å². The van der Waals surface area contributed by atoms with Crippen LogP contribution in [-0.2, 0) is 4.79 Å². The average molecular weight is 394 g/mol. The smallest absolute Gasteiger partial charge is 0.246 e. The third-order valence-electron chi connectivity index (χ3n) is 3.22. The molecule has 4 heteroatoms. The lowest BCUT2D eigenvalue weighted by Crippen LogP contribution is -2.36. The lowest BCUT2D eigenvalue weighted by atomic mass is 10.1. The minimum Gasteiger partial charge on any atom is -0.337 e. The van der Waals surface area contributed by atoms with Crippen LogP contribution >= 0.6 is 22.6 Å². The molecule has 0 saturated carbocycles. The molecule has 0 unspecified atom stereocenters. The van der Waals surface area contributed by atoms with E-state index in [4.69, 9.17) is 0 Å². The highest BCUT2D eigenvalue weighted by Gasteiger charge is 2.09. The first-order valence-corrected chi connectivity index (χ1v) is 9.30. The highest BCUT2D eigenvalue weighted by atomic mass is 127. The second kappa shape index (κ2) is 13.9. The monoisotopic (exact) mass is 394 g/mol. The standard InChI is InChI=1S/C16H31IN2O/c1-4-5-6-7-8-9-10-11-16(20)19(13-12-17)15-14-18(2)3/h10-11H,4-9,12-15H2,1-3H3/b11-10+. The number of unbranched alkanes of at least 4 members (excludes halogenated alkanes) is 5. The zero-order valence-corrected chi connectivity index (χ0v) is 15.6. The van der Waals surface area contributed by atoms with Crippen molar-refractivity contribution >= 4 is 28.5 Å². The van der Waals surface area contributed by atoms with Crippen LogP contribution in [0, 0.1) is 0 Å². The van der Waals surface area contributed by atoms with Crippen LogP contribution in [0.5, 0.6) is 0 Å². The van der Waals surface area contributed by atoms with Gasteiger partial charge in [-0.15, -0.1) is 0 Å². The molecule has 1 amide bonds. The summed E-state index contributed by atoms with van der Waals surface area (Å²) in [6.45, 7) is 4.81. The molecule has 0 aromatic heterocycles. The second-order valence-corrected chi connectivity index (χ2v) is 6.50. The minimum absolute atomic E-state index is 0.164. The van der Waals surface area contributed by atoms with Crippen LogP contribution in [0.2, 0.25) is 0 Å². The number of hydrogen-bond acceptors (Lipinski definition) is 2. The molecule has 118 valence electrons. The maximum Gasteiger partial charge on any atom is 0.246 e. The Balaban J connectivity index is 3.92. The third-order valence-corrected chi connectivity index (χ3v) is 3.70. The van der Waals surface area contributed by atoms with Gasteiger partial charge in [-0.3, -0.25) is 4.79 Å². The molecule has 0 aliphatic rings. The highest BCUT2D eigenvalue weighted by Crippen LogP contribution is 2.05. The van der Waals surface area contributed by atoms with Gasteiger partial charge in [-0.2, -0.15) is 0 Å². The number of likely N-dealkylation sites (N-methyl/N-ethyl adjacent to an activating group) is 1. The van der Waals surface area contributed by atoms with Crippen LogP contribution < -0.4 is 0 Å². The van der Waals surface area contributed by atoms with Crippen molar-refractivity contribution in [3.8, 4) is 0 Å². The molecule has 3 nitrogen and oxygen atoms in total. The highest BCUT2D eigenvalue weighted by molar-refractivity contribution is 14.1. The molecule has 0 atom stereocenters. The van der Waals surface area contributed by atoms with Crippen molar-refractivity contribution in [3.05, 3.63) is 12.2 Å². The fourth-order valence-corrected chi connectivity index (χ4v) is 2.49. The van der Waals surface area contributed by atoms with Gasteiger partial charge >= 0.3 is 0 Å². The lowest BCUT2D eigenvalue weighted by molar-refractivity contribution is -0.125. The van der Waals surface area contributed by atoms with E-state index in [2.05, 4.69) is 34.4 Å². The number of rotatable bonds is 12. The Hall–Kier alpha value is -0.100. The Morgan fingerprint density at radius 3 is 2.35 bits per heavy atom. The van der Waals surface area contributed by atoms with Gasteiger partial charge in [0.05, 0.1) is 0 Å². The van der Waals surface area contributed by atoms with E-state index in [1.165, 1.54) is 32.1 Å². The Kier molecular flexibility index (Phi) is 13.8. The van der Waals surface area contributed by atoms with Gasteiger partial charge < -0.3 is 9.80 Å². The molecule has 0 aromatic rings. The van der Waals surface area contributed by atoms with Gasteiger partial charge in [0, 0.05) is 24.1 Å². The fourth-order valence-electron chi connectivity index (χ4n) is 1.91. The molecule has 0 spiro atoms. The summed E-state index contributed by atoms with van der Waals surface area (Å²) in [6, 6.07) is 0. The van der Waals surface area contributed by atoms with Crippen molar-refractivity contribution in [1.29, 1.82) is 0 Å². The molecule has 0 heterocycles. The lowest BCUT2D eigenvalue weighted by Gasteiger charge is -2.22. The molecule has 0 aliphatic heterocycles. The summed E-state index contributed by atoms with van der Waals surface area (Å²) < 4.78 is 0.988. The van der Waals surface area contributed by atoms with Crippen molar-refractivity contribution in [3.63, 3.8) is 0 Å². The predicted molar refractivity (Wildman–Crippen MR) is 96.5 cm³/mol. The summed E-state index contributed by atoms with van der Waals surface area (Å²) in [7, 11) is 4.08. The van der Waals surface area contributed by atoms with Crippen LogP contribution in [0.25, 0.3) is 0 Å². The van der Waals surface area contributed by atoms with E-state index in [1.54, 1.807) is 6.08 Å². The summed E-state index contributed by atoms with van der Waals surface area (Å²) in [5, 5.41) is 0. The topological polar surface area (TPSA) is 23.6 Å². The van der Waals surface area contributed by atoms with Gasteiger partial charge in [-0.05, 0) is 33.0 Å². The molecule has 0 saturated heterocycles. The number of carbonyl (C=O) groups is 1. The zero-order chi connectivity index (χ0) is 15.2. The number of hydrogen-bond donors (Lipinski definition) is 0. The van der Waals surface area contributed by atoms with Gasteiger partial charge in [-0.25, -0.2) is 0 Å². The molecule has 20 heavy (non-hydrogen) atoms. The van der Waals surface area contributed by atoms with E-state index in [-0.39, 0.29) is 5.91 Å². The molecular weight excluding hydrogens is 363 g/mol. The molecule has 0 radical (unpaired) electrons. The Bertz CT molecular complexity index is 267. The first-order valence-electron chi connectivity index (χ1n) is 7.78. The summed E-state index contributed by atoms with van der Waals surface area (Å²) in [6.07, 6.45) is 11.3. The normalized spacial score (nSPS) is 11.4. The Morgan fingerprint density at radius 1 is 1.05 bits per heavy atom. The summed E-state index contributed by atoms with van der Waals surface area (Å²) in [5.74, 6) is 0.164. The summed E-state index contributed by atoms with van der Waals surface area (Å²) >= 11 is 2.33. The van der Waals surface area contributed by atoms with Gasteiger partial charge in [0.2, 0.25) is 5.91 Å². The number of alkyl halides is 1. The van der Waals surface area contributed by atoms with Crippen molar-refractivity contribution in [2.75, 3.05) is 38.2 Å². The van der Waals surface area contributed by atoms with E-state index in [1.807, 2.05) is 25.1 Å². The molecular formula is C16H31IN2O. The minimum atomic E-state index is 0.164. The van der Waals surface area contributed by atoms with Crippen molar-refractivity contribution in [2.45, 2.75) is 45.4 Å². The maximum atomic E-state index is 12.1. The number of nitrogens with zero attached hydrogens (tertiary/aromatic N) is 2. The quantitative estimate of drug-likeness (QED) is 0.218. The average Bonchev–Trinajstić information content (AvgIpc) is 2.42. The number of halogens is 1. The Labute approximate surface area is 138 Å². The third kappa shape index (κ3) is 11.7. The fraction of sp³-hybridized carbons (Fsp3) is 0.812. The van der Waals surface area contributed by atoms with Crippen LogP contribution in [0.15, 0.2) is 12.2 Å². The SMILES string of the molecule is CCCCCCC/C=C/C(=O)N(CCI)CCN(C)C. The van der Waals surface area contributed by atoms with Gasteiger partial charge in [0.15, 0.2) is 0 Å². The maximum absolute atomic E-state index is 12.1. The molecule has 0 aromatic carbocycles. The summed E-state index contributed by atoms with van der Waals surface area (Å²) in [5.41, 5.74) is 0. The second-order valence-electron chi connectivity index (χ2n) is 5.42. The van der Waals surface area contributed by atoms with Crippen molar-refractivity contribution in [1.82, 2.24) is 9.80 Å². The first kappa shape index (κ1) is 19.9. The van der Waals surface area contributed by atoms with Crippen LogP contribution in [0.1, 0.15) is 45.4 Å². The van der Waals surface area contributed by atoms with Crippen LogP contribution in [0.3, 0.4) is 0 Å². The first-order chi connectivity index (χ1) is 9.61. The van der Waals surface area contributed by atoms with E-state index in [0.717, 1.165) is 30.5 Å². The van der Waals surface area contributed by atoms with Gasteiger partial charge in [0.25, 0.3) is 0 Å². The van der Waals surface area contributed by atoms with E-state index in [0.29, 0.717) is 0 Å². The van der Waals surface area contributed by atoms with E-state index >= 15 is 0 Å². The molecule has 0 fully saturated rings. The molecule has 0 bridgehead atoms. The Morgan fingerprint density at radius 2 is 1.75 bits per heavy atom. The predicted octanol–water partition coefficient (Wildman–Crippen LogP) is 3.73. The van der Waals surface area contributed by atoms with Gasteiger partial charge in [0.1, 0.15) is 0 Å². The molecule has 0 aliphatic carbocycles. The summed E-state index contributed by atoms with van der Waals surface area (Å²) in [4.78, 5) is 16.2. The number of allylic oxidation sites excluding steroid dienone is 1. The van der Waals surface area contributed by atoms with Crippen LogP contribution in [-0.4, -0.2) is 53.9 Å². The molecule has 0 rings (SSSR count). The number of carbonyl (C=O) groups excluding carboxylic acids is 1. The van der Waals surface area contributed by atoms with Crippen molar-refractivity contribution in [2.24, 2.45) is 0 Å². The molecule has 0 N–H and O–H groups in total. The zero-order valence-electron chi connectivity index (χ0n) is 13.4. The van der Waals surface area contributed by atoms with Crippen LogP contribution in [0.4, 0.5) is 0 Å². The van der Waals surface area contributed by atoms with Crippen molar-refractivity contribution < 1.29 is 4.79 Å². The number of amides is 1.